The van der Waals surface area contributed by atoms with Crippen LogP contribution in [0, 0.1) is 12.7 Å². The minimum Gasteiger partial charge on any atom is -0.267 e. The average molecular weight is 565 g/mol. The highest BCUT2D eigenvalue weighted by molar-refractivity contribution is 7.89. The minimum atomic E-state index is -3.68. The molecule has 0 spiro atoms. The van der Waals surface area contributed by atoms with Crippen molar-refractivity contribution in [3.63, 3.8) is 0 Å². The van der Waals surface area contributed by atoms with Crippen molar-refractivity contribution in [1.82, 2.24) is 9.29 Å². The van der Waals surface area contributed by atoms with Gasteiger partial charge in [-0.1, -0.05) is 54.5 Å². The van der Waals surface area contributed by atoms with E-state index in [0.29, 0.717) is 16.8 Å². The van der Waals surface area contributed by atoms with Gasteiger partial charge >= 0.3 is 0 Å². The van der Waals surface area contributed by atoms with E-state index in [1.165, 1.54) is 41.4 Å². The molecule has 4 aromatic rings. The van der Waals surface area contributed by atoms with Crippen molar-refractivity contribution in [3.05, 3.63) is 89.2 Å². The molecule has 3 aromatic carbocycles. The highest BCUT2D eigenvalue weighted by Crippen LogP contribution is 2.31. The molecule has 7 nitrogen and oxygen atoms in total. The van der Waals surface area contributed by atoms with E-state index in [-0.39, 0.29) is 21.6 Å². The van der Waals surface area contributed by atoms with Crippen LogP contribution in [-0.4, -0.2) is 42.4 Å². The number of hydrogen-bond donors (Lipinski definition) is 0. The molecule has 2 heterocycles. The predicted octanol–water partition coefficient (Wildman–Crippen LogP) is 6.38. The third-order valence-corrected chi connectivity index (χ3v) is 9.82. The minimum absolute atomic E-state index is 0.0134. The van der Waals surface area contributed by atoms with Crippen LogP contribution < -0.4 is 5.01 Å². The van der Waals surface area contributed by atoms with Crippen LogP contribution in [0.4, 0.5) is 9.52 Å². The molecule has 5 rings (SSSR count). The van der Waals surface area contributed by atoms with Gasteiger partial charge in [-0.2, -0.15) is 14.4 Å². The Balaban J connectivity index is 1.47. The Labute approximate surface area is 231 Å². The van der Waals surface area contributed by atoms with Crippen molar-refractivity contribution >= 4 is 48.8 Å². The smallest absolute Gasteiger partial charge is 0.267 e. The molecule has 1 aliphatic rings. The average Bonchev–Trinajstić information content (AvgIpc) is 3.36. The number of carbonyl (C=O) groups is 1. The predicted molar refractivity (Wildman–Crippen MR) is 153 cm³/mol. The number of hydrazone groups is 1. The summed E-state index contributed by atoms with van der Waals surface area (Å²) in [6.07, 6.45) is 5.04. The number of nitrogens with zero attached hydrogens (tertiary/aromatic N) is 4. The van der Waals surface area contributed by atoms with Crippen LogP contribution in [0.3, 0.4) is 0 Å². The van der Waals surface area contributed by atoms with Gasteiger partial charge in [0.25, 0.3) is 5.91 Å². The second-order valence-electron chi connectivity index (χ2n) is 9.58. The van der Waals surface area contributed by atoms with Gasteiger partial charge in [-0.25, -0.2) is 17.8 Å². The molecule has 1 saturated heterocycles. The number of thiazole rings is 1. The lowest BCUT2D eigenvalue weighted by atomic mass is 10.0. The van der Waals surface area contributed by atoms with E-state index >= 15 is 0 Å². The van der Waals surface area contributed by atoms with Gasteiger partial charge in [0.05, 0.1) is 21.3 Å². The molecule has 1 amide bonds. The van der Waals surface area contributed by atoms with Crippen molar-refractivity contribution in [3.8, 4) is 0 Å². The summed E-state index contributed by atoms with van der Waals surface area (Å²) in [6.45, 7) is 4.48. The van der Waals surface area contributed by atoms with E-state index in [9.17, 15) is 17.6 Å². The van der Waals surface area contributed by atoms with E-state index in [4.69, 9.17) is 0 Å². The van der Waals surface area contributed by atoms with Gasteiger partial charge < -0.3 is 0 Å². The number of fused-ring (bicyclic) bond motifs is 1. The van der Waals surface area contributed by atoms with Gasteiger partial charge in [-0.3, -0.25) is 4.79 Å². The van der Waals surface area contributed by atoms with Crippen LogP contribution in [0.1, 0.15) is 54.1 Å². The fourth-order valence-corrected chi connectivity index (χ4v) is 7.38. The molecule has 39 heavy (non-hydrogen) atoms. The van der Waals surface area contributed by atoms with Crippen LogP contribution in [0.2, 0.25) is 0 Å². The Kier molecular flexibility index (Phi) is 7.88. The van der Waals surface area contributed by atoms with E-state index < -0.39 is 21.7 Å². The molecule has 0 N–H and O–H groups in total. The third kappa shape index (κ3) is 5.78. The lowest BCUT2D eigenvalue weighted by molar-refractivity contribution is 0.0987. The summed E-state index contributed by atoms with van der Waals surface area (Å²) in [7, 11) is -3.68. The molecule has 0 saturated carbocycles. The quantitative estimate of drug-likeness (QED) is 0.193. The Bertz CT molecular complexity index is 1620. The molecule has 1 fully saturated rings. The first kappa shape index (κ1) is 27.1. The summed E-state index contributed by atoms with van der Waals surface area (Å²) < 4.78 is 42.7. The molecule has 202 valence electrons. The van der Waals surface area contributed by atoms with Gasteiger partial charge in [0.1, 0.15) is 5.82 Å². The molecular formula is C29H29FN4O3S2. The summed E-state index contributed by atoms with van der Waals surface area (Å²) >= 11 is 1.15. The monoisotopic (exact) mass is 564 g/mol. The van der Waals surface area contributed by atoms with Crippen molar-refractivity contribution in [2.75, 3.05) is 11.6 Å². The molecule has 1 aliphatic heterocycles. The Morgan fingerprint density at radius 1 is 1.13 bits per heavy atom. The summed E-state index contributed by atoms with van der Waals surface area (Å²) in [5, 5.41) is 5.89. The zero-order chi connectivity index (χ0) is 27.6. The molecule has 1 aromatic heterocycles. The first-order valence-corrected chi connectivity index (χ1v) is 15.1. The maximum atomic E-state index is 13.8. The second kappa shape index (κ2) is 11.3. The third-order valence-electron chi connectivity index (χ3n) is 6.86. The van der Waals surface area contributed by atoms with E-state index in [1.54, 1.807) is 16.6 Å². The van der Waals surface area contributed by atoms with Crippen molar-refractivity contribution in [2.24, 2.45) is 5.10 Å². The number of halogens is 1. The lowest BCUT2D eigenvalue weighted by Gasteiger charge is -2.34. The van der Waals surface area contributed by atoms with Gasteiger partial charge in [-0.15, -0.1) is 0 Å². The summed E-state index contributed by atoms with van der Waals surface area (Å²) in [4.78, 5) is 18.3. The van der Waals surface area contributed by atoms with E-state index in [1.807, 2.05) is 38.1 Å². The highest BCUT2D eigenvalue weighted by atomic mass is 32.2. The number of amides is 1. The largest absolute Gasteiger partial charge is 0.280 e. The van der Waals surface area contributed by atoms with Crippen molar-refractivity contribution in [1.29, 1.82) is 0 Å². The van der Waals surface area contributed by atoms with Crippen molar-refractivity contribution < 1.29 is 17.6 Å². The number of anilines is 1. The molecule has 1 unspecified atom stereocenters. The molecule has 10 heteroatoms. The van der Waals surface area contributed by atoms with Crippen LogP contribution in [0.15, 0.2) is 76.7 Å². The zero-order valence-electron chi connectivity index (χ0n) is 21.7. The van der Waals surface area contributed by atoms with Gasteiger partial charge in [0.2, 0.25) is 15.2 Å². The topological polar surface area (TPSA) is 82.9 Å². The Hall–Kier alpha value is -3.47. The number of carbonyl (C=O) groups excluding carboxylic acids is 1. The maximum absolute atomic E-state index is 13.8. The number of benzene rings is 3. The molecule has 0 aliphatic carbocycles. The van der Waals surface area contributed by atoms with Gasteiger partial charge in [0.15, 0.2) is 0 Å². The Morgan fingerprint density at radius 3 is 2.59 bits per heavy atom. The van der Waals surface area contributed by atoms with E-state index in [0.717, 1.165) is 48.1 Å². The molecule has 0 radical (unpaired) electrons. The lowest BCUT2D eigenvalue weighted by Crippen LogP contribution is -2.43. The molecule has 0 bridgehead atoms. The number of aromatic nitrogens is 1. The maximum Gasteiger partial charge on any atom is 0.280 e. The number of hydrogen-bond acceptors (Lipinski definition) is 6. The number of sulfonamides is 1. The number of aryl methyl sites for hydroxylation is 1. The second-order valence-corrected chi connectivity index (χ2v) is 12.5. The van der Waals surface area contributed by atoms with Gasteiger partial charge in [-0.05, 0) is 74.2 Å². The van der Waals surface area contributed by atoms with E-state index in [2.05, 4.69) is 10.1 Å². The number of rotatable bonds is 7. The highest BCUT2D eigenvalue weighted by Gasteiger charge is 2.32. The van der Waals surface area contributed by atoms with Crippen LogP contribution >= 0.6 is 11.3 Å². The summed E-state index contributed by atoms with van der Waals surface area (Å²) in [6, 6.07) is 17.8. The Morgan fingerprint density at radius 2 is 1.87 bits per heavy atom. The normalized spacial score (nSPS) is 16.6. The SMILES string of the molecule is CCC1CCCCN1S(=O)(=O)c1ccc(C(=O)N(/N=C/c2ccc(C)cc2)c2nc3ccc(F)cc3s2)cc1. The first-order chi connectivity index (χ1) is 18.8. The summed E-state index contributed by atoms with van der Waals surface area (Å²) in [5.74, 6) is -0.874. The number of piperidine rings is 1. The van der Waals surface area contributed by atoms with Crippen molar-refractivity contribution in [2.45, 2.75) is 50.5 Å². The summed E-state index contributed by atoms with van der Waals surface area (Å²) in [5.41, 5.74) is 2.69. The molecule has 1 atom stereocenters. The van der Waals surface area contributed by atoms with Crippen LogP contribution in [0.25, 0.3) is 10.2 Å². The first-order valence-electron chi connectivity index (χ1n) is 12.9. The van der Waals surface area contributed by atoms with Gasteiger partial charge in [0, 0.05) is 18.2 Å². The van der Waals surface area contributed by atoms with Crippen LogP contribution in [-0.2, 0) is 10.0 Å². The standard InChI is InChI=1S/C29H29FN4O3S2/c1-3-24-6-4-5-17-33(24)39(36,37)25-14-11-22(12-15-25)28(35)34(31-19-21-9-7-20(2)8-10-21)29-32-26-16-13-23(30)18-27(26)38-29/h7-16,18-19,24H,3-6,17H2,1-2H3/b31-19+. The molecular weight excluding hydrogens is 535 g/mol. The zero-order valence-corrected chi connectivity index (χ0v) is 23.4. The van der Waals surface area contributed by atoms with Crippen LogP contribution in [0.5, 0.6) is 0 Å². The fourth-order valence-electron chi connectivity index (χ4n) is 4.67. The fraction of sp³-hybridized carbons (Fsp3) is 0.276.